The van der Waals surface area contributed by atoms with Gasteiger partial charge in [-0.15, -0.1) is 5.10 Å². The van der Waals surface area contributed by atoms with Gasteiger partial charge >= 0.3 is 6.18 Å². The normalized spacial score (nSPS) is 11.6. The summed E-state index contributed by atoms with van der Waals surface area (Å²) in [4.78, 5) is 11.3. The third kappa shape index (κ3) is 3.25. The average molecular weight is 323 g/mol. The van der Waals surface area contributed by atoms with Gasteiger partial charge in [0.2, 0.25) is 5.16 Å². The molecule has 0 N–H and O–H groups in total. The Kier molecular flexibility index (Phi) is 3.80. The van der Waals surface area contributed by atoms with Crippen molar-refractivity contribution < 1.29 is 13.2 Å². The third-order valence-corrected chi connectivity index (χ3v) is 3.35. The smallest absolute Gasteiger partial charge is 0.231 e. The molecule has 22 heavy (non-hydrogen) atoms. The Bertz CT molecular complexity index is 773. The molecule has 0 aliphatic rings. The fourth-order valence-corrected chi connectivity index (χ4v) is 2.28. The van der Waals surface area contributed by atoms with Crippen molar-refractivity contribution in [3.63, 3.8) is 0 Å². The highest BCUT2D eigenvalue weighted by molar-refractivity contribution is 7.99. The molecule has 0 unspecified atom stereocenters. The van der Waals surface area contributed by atoms with Crippen molar-refractivity contribution in [3.05, 3.63) is 54.6 Å². The lowest BCUT2D eigenvalue weighted by molar-refractivity contribution is -0.141. The second-order valence-corrected chi connectivity index (χ2v) is 5.07. The molecule has 3 aromatic rings. The molecule has 0 aliphatic carbocycles. The van der Waals surface area contributed by atoms with Crippen molar-refractivity contribution in [2.45, 2.75) is 16.5 Å². The van der Waals surface area contributed by atoms with Crippen LogP contribution in [0.2, 0.25) is 0 Å². The van der Waals surface area contributed by atoms with Crippen LogP contribution in [0.5, 0.6) is 0 Å². The van der Waals surface area contributed by atoms with Gasteiger partial charge in [0, 0.05) is 6.20 Å². The molecule has 0 bridgehead atoms. The van der Waals surface area contributed by atoms with E-state index in [0.717, 1.165) is 29.7 Å². The van der Waals surface area contributed by atoms with Crippen LogP contribution < -0.4 is 0 Å². The van der Waals surface area contributed by atoms with Crippen LogP contribution in [-0.2, 0) is 6.18 Å². The maximum atomic E-state index is 12.6. The van der Waals surface area contributed by atoms with Gasteiger partial charge in [-0.2, -0.15) is 13.2 Å². The van der Waals surface area contributed by atoms with Crippen LogP contribution in [0.1, 0.15) is 5.69 Å². The Balaban J connectivity index is 1.81. The molecule has 0 atom stereocenters. The van der Waals surface area contributed by atoms with Crippen molar-refractivity contribution in [1.29, 1.82) is 0 Å². The average Bonchev–Trinajstić information content (AvgIpc) is 2.96. The second kappa shape index (κ2) is 5.76. The SMILES string of the molecule is FC(F)(F)c1ccnc(Sc2ncn(-c3ccccc3)n2)n1. The maximum Gasteiger partial charge on any atom is 0.433 e. The molecular weight excluding hydrogens is 315 g/mol. The first-order valence-corrected chi connectivity index (χ1v) is 6.89. The zero-order chi connectivity index (χ0) is 15.6. The number of para-hydroxylation sites is 1. The van der Waals surface area contributed by atoms with Gasteiger partial charge in [0.25, 0.3) is 0 Å². The first kappa shape index (κ1) is 14.5. The fraction of sp³-hybridized carbons (Fsp3) is 0.0769. The van der Waals surface area contributed by atoms with Crippen molar-refractivity contribution in [1.82, 2.24) is 24.7 Å². The minimum absolute atomic E-state index is 0.0550. The Morgan fingerprint density at radius 1 is 0.955 bits per heavy atom. The number of nitrogens with zero attached hydrogens (tertiary/aromatic N) is 5. The highest BCUT2D eigenvalue weighted by Gasteiger charge is 2.32. The van der Waals surface area contributed by atoms with Crippen LogP contribution in [0.4, 0.5) is 13.2 Å². The number of hydrogen-bond donors (Lipinski definition) is 0. The van der Waals surface area contributed by atoms with Gasteiger partial charge in [-0.3, -0.25) is 0 Å². The summed E-state index contributed by atoms with van der Waals surface area (Å²) >= 11 is 0.868. The van der Waals surface area contributed by atoms with E-state index in [1.807, 2.05) is 30.3 Å². The zero-order valence-corrected chi connectivity index (χ0v) is 11.7. The monoisotopic (exact) mass is 323 g/mol. The molecule has 0 saturated carbocycles. The molecule has 2 heterocycles. The maximum absolute atomic E-state index is 12.6. The minimum Gasteiger partial charge on any atom is -0.231 e. The van der Waals surface area contributed by atoms with E-state index >= 15 is 0 Å². The van der Waals surface area contributed by atoms with Crippen LogP contribution in [0, 0.1) is 0 Å². The Hall–Kier alpha value is -2.42. The molecule has 0 fully saturated rings. The minimum atomic E-state index is -4.50. The van der Waals surface area contributed by atoms with Gasteiger partial charge in [0.1, 0.15) is 12.0 Å². The summed E-state index contributed by atoms with van der Waals surface area (Å²) in [5, 5.41) is 4.39. The van der Waals surface area contributed by atoms with Gasteiger partial charge in [-0.1, -0.05) is 18.2 Å². The first-order valence-electron chi connectivity index (χ1n) is 6.07. The molecule has 9 heteroatoms. The highest BCUT2D eigenvalue weighted by Crippen LogP contribution is 2.29. The molecule has 0 saturated heterocycles. The van der Waals surface area contributed by atoms with Crippen molar-refractivity contribution >= 4 is 11.8 Å². The molecule has 0 amide bonds. The van der Waals surface area contributed by atoms with Crippen molar-refractivity contribution in [3.8, 4) is 5.69 Å². The van der Waals surface area contributed by atoms with Gasteiger partial charge < -0.3 is 0 Å². The van der Waals surface area contributed by atoms with Crippen molar-refractivity contribution in [2.24, 2.45) is 0 Å². The molecule has 112 valence electrons. The highest BCUT2D eigenvalue weighted by atomic mass is 32.2. The summed E-state index contributed by atoms with van der Waals surface area (Å²) in [6.45, 7) is 0. The molecular formula is C13H8F3N5S. The topological polar surface area (TPSA) is 56.5 Å². The predicted molar refractivity (Wildman–Crippen MR) is 72.5 cm³/mol. The number of halogens is 3. The number of hydrogen-bond acceptors (Lipinski definition) is 5. The lowest BCUT2D eigenvalue weighted by Gasteiger charge is -2.05. The molecule has 0 aliphatic heterocycles. The van der Waals surface area contributed by atoms with Crippen LogP contribution in [0.15, 0.2) is 59.2 Å². The zero-order valence-electron chi connectivity index (χ0n) is 10.9. The number of alkyl halides is 3. The summed E-state index contributed by atoms with van der Waals surface area (Å²) in [7, 11) is 0. The Morgan fingerprint density at radius 2 is 1.73 bits per heavy atom. The van der Waals surface area contributed by atoms with E-state index in [-0.39, 0.29) is 10.3 Å². The van der Waals surface area contributed by atoms with E-state index in [1.165, 1.54) is 11.0 Å². The summed E-state index contributed by atoms with van der Waals surface area (Å²) in [5.41, 5.74) is -0.195. The van der Waals surface area contributed by atoms with Gasteiger partial charge in [-0.05, 0) is 30.0 Å². The van der Waals surface area contributed by atoms with E-state index in [0.29, 0.717) is 0 Å². The standard InChI is InChI=1S/C13H8F3N5S/c14-13(15,16)10-6-7-17-11(19-10)22-12-18-8-21(20-12)9-4-2-1-3-5-9/h1-8H. The molecule has 5 nitrogen and oxygen atoms in total. The third-order valence-electron chi connectivity index (χ3n) is 2.60. The quantitative estimate of drug-likeness (QED) is 0.693. The van der Waals surface area contributed by atoms with Crippen LogP contribution >= 0.6 is 11.8 Å². The lowest BCUT2D eigenvalue weighted by atomic mass is 10.3. The fourth-order valence-electron chi connectivity index (χ4n) is 1.63. The summed E-state index contributed by atoms with van der Waals surface area (Å²) in [5.74, 6) is 0. The van der Waals surface area contributed by atoms with E-state index in [2.05, 4.69) is 20.1 Å². The Labute approximate surface area is 127 Å². The largest absolute Gasteiger partial charge is 0.433 e. The summed E-state index contributed by atoms with van der Waals surface area (Å²) < 4.78 is 39.3. The van der Waals surface area contributed by atoms with Gasteiger partial charge in [0.15, 0.2) is 5.16 Å². The molecule has 0 spiro atoms. The molecule has 3 rings (SSSR count). The number of benzene rings is 1. The predicted octanol–water partition coefficient (Wildman–Crippen LogP) is 3.23. The van der Waals surface area contributed by atoms with Gasteiger partial charge in [0.05, 0.1) is 5.69 Å². The van der Waals surface area contributed by atoms with Crippen molar-refractivity contribution in [2.75, 3.05) is 0 Å². The van der Waals surface area contributed by atoms with E-state index in [9.17, 15) is 13.2 Å². The van der Waals surface area contributed by atoms with Crippen LogP contribution in [0.3, 0.4) is 0 Å². The van der Waals surface area contributed by atoms with E-state index in [4.69, 9.17) is 0 Å². The molecule has 2 aromatic heterocycles. The molecule has 1 aromatic carbocycles. The van der Waals surface area contributed by atoms with E-state index < -0.39 is 11.9 Å². The Morgan fingerprint density at radius 3 is 2.45 bits per heavy atom. The second-order valence-electron chi connectivity index (χ2n) is 4.13. The number of rotatable bonds is 3. The summed E-state index contributed by atoms with van der Waals surface area (Å²) in [6, 6.07) is 10.1. The molecule has 0 radical (unpaired) electrons. The van der Waals surface area contributed by atoms with Crippen LogP contribution in [0.25, 0.3) is 5.69 Å². The van der Waals surface area contributed by atoms with Crippen LogP contribution in [-0.4, -0.2) is 24.7 Å². The van der Waals surface area contributed by atoms with E-state index in [1.54, 1.807) is 0 Å². The first-order chi connectivity index (χ1) is 10.5. The van der Waals surface area contributed by atoms with Gasteiger partial charge in [-0.25, -0.2) is 19.6 Å². The lowest BCUT2D eigenvalue weighted by Crippen LogP contribution is -2.08. The number of aromatic nitrogens is 5. The summed E-state index contributed by atoms with van der Waals surface area (Å²) in [6.07, 6.45) is -1.97.